The molecular weight excluding hydrogens is 180 g/mol. The van der Waals surface area contributed by atoms with Gasteiger partial charge in [-0.1, -0.05) is 0 Å². The van der Waals surface area contributed by atoms with Gasteiger partial charge in [0.05, 0.1) is 17.8 Å². The zero-order chi connectivity index (χ0) is 10.1. The first kappa shape index (κ1) is 8.90. The van der Waals surface area contributed by atoms with Gasteiger partial charge in [-0.15, -0.1) is 0 Å². The van der Waals surface area contributed by atoms with Gasteiger partial charge in [-0.3, -0.25) is 0 Å². The van der Waals surface area contributed by atoms with Gasteiger partial charge in [0.25, 0.3) is 0 Å². The maximum absolute atomic E-state index is 9.55. The lowest BCUT2D eigenvalue weighted by Gasteiger charge is -2.05. The fourth-order valence-electron chi connectivity index (χ4n) is 1.63. The number of aromatic hydroxyl groups is 1. The predicted octanol–water partition coefficient (Wildman–Crippen LogP) is 0.921. The van der Waals surface area contributed by atoms with E-state index in [0.29, 0.717) is 12.2 Å². The molecular formula is C10H12N2O2. The summed E-state index contributed by atoms with van der Waals surface area (Å²) >= 11 is 0. The van der Waals surface area contributed by atoms with Crippen LogP contribution in [0.1, 0.15) is 0 Å². The van der Waals surface area contributed by atoms with E-state index < -0.39 is 0 Å². The Kier molecular flexibility index (Phi) is 2.05. The Morgan fingerprint density at radius 3 is 2.79 bits per heavy atom. The summed E-state index contributed by atoms with van der Waals surface area (Å²) in [6.07, 6.45) is 1.80. The molecule has 0 aliphatic carbocycles. The predicted molar refractivity (Wildman–Crippen MR) is 55.1 cm³/mol. The van der Waals surface area contributed by atoms with Crippen molar-refractivity contribution in [3.63, 3.8) is 0 Å². The lowest BCUT2D eigenvalue weighted by molar-refractivity contribution is 0.278. The first-order valence-corrected chi connectivity index (χ1v) is 4.41. The second kappa shape index (κ2) is 3.23. The molecule has 0 radical (unpaired) electrons. The van der Waals surface area contributed by atoms with Crippen molar-refractivity contribution in [1.82, 2.24) is 4.57 Å². The van der Waals surface area contributed by atoms with Gasteiger partial charge in [0, 0.05) is 18.1 Å². The molecule has 0 spiro atoms. The minimum Gasteiger partial charge on any atom is -0.507 e. The Balaban J connectivity index is 2.70. The molecule has 74 valence electrons. The summed E-state index contributed by atoms with van der Waals surface area (Å²) in [5, 5.41) is 19.1. The summed E-state index contributed by atoms with van der Waals surface area (Å²) in [5.74, 6) is 0.214. The van der Waals surface area contributed by atoms with Crippen LogP contribution in [-0.2, 0) is 6.54 Å². The molecule has 4 N–H and O–H groups in total. The minimum atomic E-state index is 0.0544. The molecule has 0 fully saturated rings. The molecule has 2 rings (SSSR count). The maximum atomic E-state index is 9.55. The van der Waals surface area contributed by atoms with Gasteiger partial charge in [-0.05, 0) is 18.2 Å². The Morgan fingerprint density at radius 2 is 2.07 bits per heavy atom. The Labute approximate surface area is 81.2 Å². The minimum absolute atomic E-state index is 0.0544. The van der Waals surface area contributed by atoms with Crippen molar-refractivity contribution in [2.45, 2.75) is 6.54 Å². The number of benzene rings is 1. The van der Waals surface area contributed by atoms with E-state index in [-0.39, 0.29) is 12.4 Å². The number of nitrogen functional groups attached to an aromatic ring is 1. The number of rotatable bonds is 2. The maximum Gasteiger partial charge on any atom is 0.125 e. The standard InChI is InChI=1S/C10H12N2O2/c11-8-1-2-9(14)7-3-4-12(5-6-13)10(7)8/h1-4,13-14H,5-6,11H2. The number of hydrogen-bond acceptors (Lipinski definition) is 3. The summed E-state index contributed by atoms with van der Waals surface area (Å²) in [7, 11) is 0. The van der Waals surface area contributed by atoms with Crippen molar-refractivity contribution in [2.75, 3.05) is 12.3 Å². The number of phenolic OH excluding ortho intramolecular Hbond substituents is 1. The van der Waals surface area contributed by atoms with Crippen molar-refractivity contribution in [2.24, 2.45) is 0 Å². The Hall–Kier alpha value is -1.68. The number of phenols is 1. The van der Waals surface area contributed by atoms with Crippen molar-refractivity contribution in [3.8, 4) is 5.75 Å². The number of nitrogens with zero attached hydrogens (tertiary/aromatic N) is 1. The van der Waals surface area contributed by atoms with E-state index >= 15 is 0 Å². The number of hydrogen-bond donors (Lipinski definition) is 3. The largest absolute Gasteiger partial charge is 0.507 e. The molecule has 0 aliphatic heterocycles. The van der Waals surface area contributed by atoms with E-state index in [2.05, 4.69) is 0 Å². The highest BCUT2D eigenvalue weighted by atomic mass is 16.3. The summed E-state index contributed by atoms with van der Waals surface area (Å²) in [6, 6.07) is 5.02. The number of anilines is 1. The van der Waals surface area contributed by atoms with E-state index in [4.69, 9.17) is 10.8 Å². The van der Waals surface area contributed by atoms with Crippen LogP contribution >= 0.6 is 0 Å². The van der Waals surface area contributed by atoms with Crippen LogP contribution in [0, 0.1) is 0 Å². The molecule has 0 unspecified atom stereocenters. The third kappa shape index (κ3) is 1.20. The molecule has 0 amide bonds. The molecule has 1 aromatic heterocycles. The van der Waals surface area contributed by atoms with Crippen molar-refractivity contribution in [1.29, 1.82) is 0 Å². The molecule has 14 heavy (non-hydrogen) atoms. The number of nitrogens with two attached hydrogens (primary N) is 1. The lowest BCUT2D eigenvalue weighted by Crippen LogP contribution is -2.01. The quantitative estimate of drug-likeness (QED) is 0.489. The van der Waals surface area contributed by atoms with Gasteiger partial charge >= 0.3 is 0 Å². The van der Waals surface area contributed by atoms with E-state index in [1.54, 1.807) is 24.4 Å². The number of aliphatic hydroxyl groups is 1. The van der Waals surface area contributed by atoms with Crippen LogP contribution < -0.4 is 5.73 Å². The van der Waals surface area contributed by atoms with Crippen LogP contribution in [0.4, 0.5) is 5.69 Å². The molecule has 0 bridgehead atoms. The van der Waals surface area contributed by atoms with Crippen LogP contribution in [-0.4, -0.2) is 21.4 Å². The SMILES string of the molecule is Nc1ccc(O)c2ccn(CCO)c12. The zero-order valence-electron chi connectivity index (χ0n) is 7.64. The summed E-state index contributed by atoms with van der Waals surface area (Å²) < 4.78 is 1.82. The molecule has 2 aromatic rings. The summed E-state index contributed by atoms with van der Waals surface area (Å²) in [4.78, 5) is 0. The molecule has 1 heterocycles. The number of fused-ring (bicyclic) bond motifs is 1. The highest BCUT2D eigenvalue weighted by molar-refractivity contribution is 5.94. The van der Waals surface area contributed by atoms with Gasteiger partial charge in [-0.25, -0.2) is 0 Å². The van der Waals surface area contributed by atoms with Gasteiger partial charge < -0.3 is 20.5 Å². The average molecular weight is 192 g/mol. The average Bonchev–Trinajstić information content (AvgIpc) is 2.58. The number of aromatic nitrogens is 1. The summed E-state index contributed by atoms with van der Waals surface area (Å²) in [5.41, 5.74) is 7.17. The van der Waals surface area contributed by atoms with Crippen molar-refractivity contribution in [3.05, 3.63) is 24.4 Å². The van der Waals surface area contributed by atoms with E-state index in [0.717, 1.165) is 10.9 Å². The molecule has 1 aromatic carbocycles. The Bertz CT molecular complexity index is 462. The van der Waals surface area contributed by atoms with Crippen LogP contribution in [0.5, 0.6) is 5.75 Å². The second-order valence-corrected chi connectivity index (χ2v) is 3.17. The monoisotopic (exact) mass is 192 g/mol. The zero-order valence-corrected chi connectivity index (χ0v) is 7.64. The van der Waals surface area contributed by atoms with Crippen LogP contribution in [0.25, 0.3) is 10.9 Å². The second-order valence-electron chi connectivity index (χ2n) is 3.17. The van der Waals surface area contributed by atoms with Crippen molar-refractivity contribution >= 4 is 16.6 Å². The van der Waals surface area contributed by atoms with Crippen LogP contribution in [0.15, 0.2) is 24.4 Å². The van der Waals surface area contributed by atoms with Crippen LogP contribution in [0.2, 0.25) is 0 Å². The third-order valence-electron chi connectivity index (χ3n) is 2.27. The smallest absolute Gasteiger partial charge is 0.125 e. The van der Waals surface area contributed by atoms with Gasteiger partial charge in [-0.2, -0.15) is 0 Å². The fraction of sp³-hybridized carbons (Fsp3) is 0.200. The highest BCUT2D eigenvalue weighted by Crippen LogP contribution is 2.29. The first-order valence-electron chi connectivity index (χ1n) is 4.41. The van der Waals surface area contributed by atoms with E-state index in [1.165, 1.54) is 0 Å². The van der Waals surface area contributed by atoms with Gasteiger partial charge in [0.1, 0.15) is 5.75 Å². The molecule has 0 atom stereocenters. The molecule has 4 nitrogen and oxygen atoms in total. The molecule has 0 saturated carbocycles. The third-order valence-corrected chi connectivity index (χ3v) is 2.27. The van der Waals surface area contributed by atoms with E-state index in [1.807, 2.05) is 4.57 Å². The molecule has 4 heteroatoms. The van der Waals surface area contributed by atoms with Gasteiger partial charge in [0.15, 0.2) is 0 Å². The highest BCUT2D eigenvalue weighted by Gasteiger charge is 2.07. The fourth-order valence-corrected chi connectivity index (χ4v) is 1.63. The Morgan fingerprint density at radius 1 is 1.29 bits per heavy atom. The number of aliphatic hydroxyl groups excluding tert-OH is 1. The van der Waals surface area contributed by atoms with Crippen molar-refractivity contribution < 1.29 is 10.2 Å². The normalized spacial score (nSPS) is 10.9. The topological polar surface area (TPSA) is 71.4 Å². The summed E-state index contributed by atoms with van der Waals surface area (Å²) in [6.45, 7) is 0.538. The lowest BCUT2D eigenvalue weighted by atomic mass is 10.2. The van der Waals surface area contributed by atoms with Crippen LogP contribution in [0.3, 0.4) is 0 Å². The first-order chi connectivity index (χ1) is 6.74. The molecule has 0 aliphatic rings. The molecule has 0 saturated heterocycles. The van der Waals surface area contributed by atoms with Gasteiger partial charge in [0.2, 0.25) is 0 Å². The van der Waals surface area contributed by atoms with E-state index in [9.17, 15) is 5.11 Å².